The van der Waals surface area contributed by atoms with Crippen LogP contribution in [0.2, 0.25) is 0 Å². The van der Waals surface area contributed by atoms with Crippen molar-refractivity contribution in [1.29, 1.82) is 0 Å². The lowest BCUT2D eigenvalue weighted by molar-refractivity contribution is 0.103. The second-order valence-corrected chi connectivity index (χ2v) is 11.4. The van der Waals surface area contributed by atoms with Crippen LogP contribution in [0, 0.1) is 0 Å². The van der Waals surface area contributed by atoms with Gasteiger partial charge in [0.15, 0.2) is 5.78 Å². The van der Waals surface area contributed by atoms with E-state index in [9.17, 15) is 21.6 Å². The molecule has 0 radical (unpaired) electrons. The van der Waals surface area contributed by atoms with Gasteiger partial charge in [0, 0.05) is 11.1 Å². The van der Waals surface area contributed by atoms with Crippen molar-refractivity contribution < 1.29 is 31.1 Å². The van der Waals surface area contributed by atoms with Crippen molar-refractivity contribution in [2.75, 3.05) is 0 Å². The Morgan fingerprint density at radius 1 is 0.500 bits per heavy atom. The van der Waals surface area contributed by atoms with E-state index < -0.39 is 25.5 Å². The third-order valence-corrected chi connectivity index (χ3v) is 9.45. The molecule has 4 aromatic rings. The van der Waals surface area contributed by atoms with Crippen LogP contribution in [0.1, 0.15) is 15.9 Å². The molecule has 0 unspecified atom stereocenters. The Bertz CT molecular complexity index is 1620. The topological polar surface area (TPSA) is 104 Å². The maximum Gasteiger partial charge on any atom is 0.214 e. The van der Waals surface area contributed by atoms with Gasteiger partial charge >= 0.3 is 0 Å². The standard InChI is InChI=1S/C25H14O7S2/c26-23(15-7-5-11-19-24(15)33(27,28)21-13-3-1-9-17(21)31-19)16-8-6-12-20-25(16)34(29,30)22-14-4-2-10-18(22)32-20/h1-14H. The number of rotatable bonds is 2. The fraction of sp³-hybridized carbons (Fsp3) is 0. The zero-order valence-electron chi connectivity index (χ0n) is 17.3. The second-order valence-electron chi connectivity index (χ2n) is 7.70. The molecule has 34 heavy (non-hydrogen) atoms. The lowest BCUT2D eigenvalue weighted by atomic mass is 10.0. The summed E-state index contributed by atoms with van der Waals surface area (Å²) in [6, 6.07) is 20.8. The van der Waals surface area contributed by atoms with E-state index in [1.807, 2.05) is 0 Å². The molecule has 7 nitrogen and oxygen atoms in total. The summed E-state index contributed by atoms with van der Waals surface area (Å²) in [6.07, 6.45) is 0. The molecule has 0 aromatic heterocycles. The normalized spacial score (nSPS) is 16.0. The quantitative estimate of drug-likeness (QED) is 0.321. The smallest absolute Gasteiger partial charge is 0.214 e. The van der Waals surface area contributed by atoms with Gasteiger partial charge in [-0.25, -0.2) is 16.8 Å². The molecular formula is C25H14O7S2. The predicted molar refractivity (Wildman–Crippen MR) is 120 cm³/mol. The number of carbonyl (C=O) groups is 1. The Balaban J connectivity index is 1.57. The Morgan fingerprint density at radius 3 is 1.32 bits per heavy atom. The molecular weight excluding hydrogens is 476 g/mol. The molecule has 0 bridgehead atoms. The molecule has 2 heterocycles. The third-order valence-electron chi connectivity index (χ3n) is 5.70. The highest BCUT2D eigenvalue weighted by atomic mass is 32.2. The monoisotopic (exact) mass is 490 g/mol. The van der Waals surface area contributed by atoms with Crippen LogP contribution in [-0.4, -0.2) is 22.6 Å². The first-order valence-corrected chi connectivity index (χ1v) is 13.1. The number of ketones is 1. The third kappa shape index (κ3) is 2.77. The van der Waals surface area contributed by atoms with Crippen molar-refractivity contribution in [2.24, 2.45) is 0 Å². The maximum atomic E-state index is 13.7. The van der Waals surface area contributed by atoms with E-state index in [1.54, 1.807) is 24.3 Å². The average Bonchev–Trinajstić information content (AvgIpc) is 2.83. The minimum Gasteiger partial charge on any atom is -0.455 e. The number of fused-ring (bicyclic) bond motifs is 4. The molecule has 2 aliphatic rings. The molecule has 4 aromatic carbocycles. The summed E-state index contributed by atoms with van der Waals surface area (Å²) < 4.78 is 65.4. The zero-order valence-corrected chi connectivity index (χ0v) is 18.9. The molecule has 0 atom stereocenters. The summed E-state index contributed by atoms with van der Waals surface area (Å²) in [5.41, 5.74) is -0.371. The molecule has 0 saturated carbocycles. The van der Waals surface area contributed by atoms with Gasteiger partial charge in [-0.3, -0.25) is 4.79 Å². The zero-order chi connectivity index (χ0) is 23.7. The number of sulfone groups is 2. The van der Waals surface area contributed by atoms with Gasteiger partial charge in [0.2, 0.25) is 19.7 Å². The van der Waals surface area contributed by atoms with Gasteiger partial charge in [-0.2, -0.15) is 0 Å². The van der Waals surface area contributed by atoms with Crippen LogP contribution in [-0.2, 0) is 19.7 Å². The van der Waals surface area contributed by atoms with E-state index in [-0.39, 0.29) is 53.7 Å². The summed E-state index contributed by atoms with van der Waals surface area (Å²) in [5.74, 6) is -0.460. The van der Waals surface area contributed by atoms with Gasteiger partial charge in [-0.1, -0.05) is 36.4 Å². The van der Waals surface area contributed by atoms with Crippen molar-refractivity contribution in [3.05, 3.63) is 96.1 Å². The van der Waals surface area contributed by atoms with Crippen molar-refractivity contribution in [3.8, 4) is 23.0 Å². The van der Waals surface area contributed by atoms with E-state index in [1.165, 1.54) is 60.7 Å². The Morgan fingerprint density at radius 2 is 0.882 bits per heavy atom. The SMILES string of the molecule is O=C(c1cccc2c1S(=O)(=O)c1ccccc1O2)c1cccc2c1S(=O)(=O)c1ccccc1O2. The van der Waals surface area contributed by atoms with Crippen LogP contribution in [0.5, 0.6) is 23.0 Å². The Hall–Kier alpha value is -3.95. The van der Waals surface area contributed by atoms with Crippen molar-refractivity contribution in [2.45, 2.75) is 19.6 Å². The Kier molecular flexibility index (Phi) is 4.26. The molecule has 0 amide bonds. The summed E-state index contributed by atoms with van der Waals surface area (Å²) in [6.45, 7) is 0. The second kappa shape index (κ2) is 7.02. The lowest BCUT2D eigenvalue weighted by Gasteiger charge is -2.24. The summed E-state index contributed by atoms with van der Waals surface area (Å²) >= 11 is 0. The number of hydrogen-bond donors (Lipinski definition) is 0. The minimum absolute atomic E-state index is 0.00111. The molecule has 0 N–H and O–H groups in total. The molecule has 168 valence electrons. The molecule has 0 fully saturated rings. The number of ether oxygens (including phenoxy) is 2. The molecule has 0 saturated heterocycles. The number of hydrogen-bond acceptors (Lipinski definition) is 7. The highest BCUT2D eigenvalue weighted by Crippen LogP contribution is 2.47. The van der Waals surface area contributed by atoms with Crippen LogP contribution in [0.3, 0.4) is 0 Å². The predicted octanol–water partition coefficient (Wildman–Crippen LogP) is 4.79. The van der Waals surface area contributed by atoms with Crippen LogP contribution >= 0.6 is 0 Å². The van der Waals surface area contributed by atoms with Crippen LogP contribution < -0.4 is 9.47 Å². The molecule has 6 rings (SSSR count). The van der Waals surface area contributed by atoms with E-state index in [4.69, 9.17) is 9.47 Å². The number of para-hydroxylation sites is 2. The summed E-state index contributed by atoms with van der Waals surface area (Å²) in [7, 11) is -8.22. The van der Waals surface area contributed by atoms with Gasteiger partial charge in [-0.15, -0.1) is 0 Å². The van der Waals surface area contributed by atoms with Gasteiger partial charge in [0.25, 0.3) is 0 Å². The van der Waals surface area contributed by atoms with Gasteiger partial charge in [0.1, 0.15) is 42.6 Å². The number of carbonyl (C=O) groups excluding carboxylic acids is 1. The van der Waals surface area contributed by atoms with Crippen LogP contribution in [0.25, 0.3) is 0 Å². The largest absolute Gasteiger partial charge is 0.455 e. The first kappa shape index (κ1) is 20.6. The van der Waals surface area contributed by atoms with Gasteiger partial charge in [0.05, 0.1) is 0 Å². The van der Waals surface area contributed by atoms with Crippen LogP contribution in [0.15, 0.2) is 105 Å². The fourth-order valence-corrected chi connectivity index (χ4v) is 7.57. The highest BCUT2D eigenvalue weighted by molar-refractivity contribution is 7.92. The van der Waals surface area contributed by atoms with Gasteiger partial charge in [-0.05, 0) is 48.5 Å². The van der Waals surface area contributed by atoms with E-state index >= 15 is 0 Å². The van der Waals surface area contributed by atoms with Crippen LogP contribution in [0.4, 0.5) is 0 Å². The maximum absolute atomic E-state index is 13.7. The molecule has 2 aliphatic heterocycles. The first-order chi connectivity index (χ1) is 16.3. The molecule has 0 spiro atoms. The van der Waals surface area contributed by atoms with Crippen molar-refractivity contribution in [1.82, 2.24) is 0 Å². The van der Waals surface area contributed by atoms with Gasteiger partial charge < -0.3 is 9.47 Å². The number of benzene rings is 4. The molecule has 9 heteroatoms. The lowest BCUT2D eigenvalue weighted by Crippen LogP contribution is -2.19. The van der Waals surface area contributed by atoms with E-state index in [0.29, 0.717) is 0 Å². The fourth-order valence-electron chi connectivity index (χ4n) is 4.22. The summed E-state index contributed by atoms with van der Waals surface area (Å²) in [4.78, 5) is 13.0. The van der Waals surface area contributed by atoms with E-state index in [2.05, 4.69) is 0 Å². The summed E-state index contributed by atoms with van der Waals surface area (Å²) in [5, 5.41) is 0. The Labute approximate surface area is 195 Å². The minimum atomic E-state index is -4.11. The first-order valence-electron chi connectivity index (χ1n) is 10.1. The van der Waals surface area contributed by atoms with Crippen molar-refractivity contribution in [3.63, 3.8) is 0 Å². The highest BCUT2D eigenvalue weighted by Gasteiger charge is 2.39. The van der Waals surface area contributed by atoms with E-state index in [0.717, 1.165) is 0 Å². The van der Waals surface area contributed by atoms with Crippen molar-refractivity contribution >= 4 is 25.5 Å². The average molecular weight is 491 g/mol. The molecule has 0 aliphatic carbocycles.